The Kier molecular flexibility index (Phi) is 5.39. The van der Waals surface area contributed by atoms with Gasteiger partial charge in [0.25, 0.3) is 0 Å². The van der Waals surface area contributed by atoms with Gasteiger partial charge in [-0.2, -0.15) is 0 Å². The van der Waals surface area contributed by atoms with Gasteiger partial charge in [-0.3, -0.25) is 9.69 Å². The van der Waals surface area contributed by atoms with E-state index in [0.717, 1.165) is 64.0 Å². The zero-order valence-electron chi connectivity index (χ0n) is 13.6. The average Bonchev–Trinajstić information content (AvgIpc) is 2.58. The maximum Gasteiger partial charge on any atom is 0.222 e. The molecule has 23 heavy (non-hydrogen) atoms. The van der Waals surface area contributed by atoms with Gasteiger partial charge >= 0.3 is 0 Å². The predicted molar refractivity (Wildman–Crippen MR) is 88.6 cm³/mol. The number of rotatable bonds is 5. The third kappa shape index (κ3) is 4.38. The minimum absolute atomic E-state index is 0.256. The van der Waals surface area contributed by atoms with Gasteiger partial charge in [-0.25, -0.2) is 0 Å². The van der Waals surface area contributed by atoms with Crippen molar-refractivity contribution in [2.45, 2.75) is 38.1 Å². The highest BCUT2D eigenvalue weighted by molar-refractivity contribution is 5.77. The average molecular weight is 318 g/mol. The van der Waals surface area contributed by atoms with Crippen molar-refractivity contribution >= 4 is 5.91 Å². The molecule has 5 nitrogen and oxygen atoms in total. The maximum absolute atomic E-state index is 12.0. The minimum Gasteiger partial charge on any atom is -0.508 e. The van der Waals surface area contributed by atoms with Gasteiger partial charge in [0.15, 0.2) is 0 Å². The second-order valence-electron chi connectivity index (χ2n) is 6.46. The van der Waals surface area contributed by atoms with Crippen LogP contribution in [0.5, 0.6) is 11.5 Å². The standard InChI is InChI=1S/C18H26N2O3/c21-16-4-6-17(7-5-16)23-14-13-19-11-8-15(9-12-19)20-10-2-1-3-18(20)22/h4-7,15,21H,1-3,8-14H2. The summed E-state index contributed by atoms with van der Waals surface area (Å²) in [5.74, 6) is 1.40. The van der Waals surface area contributed by atoms with Gasteiger partial charge in [0.2, 0.25) is 5.91 Å². The number of hydrogen-bond donors (Lipinski definition) is 1. The van der Waals surface area contributed by atoms with Crippen LogP contribution in [0, 0.1) is 0 Å². The number of amides is 1. The van der Waals surface area contributed by atoms with E-state index in [1.807, 2.05) is 0 Å². The number of phenols is 1. The quantitative estimate of drug-likeness (QED) is 0.905. The molecule has 0 bridgehead atoms. The lowest BCUT2D eigenvalue weighted by atomic mass is 9.99. The molecule has 1 amide bonds. The Morgan fingerprint density at radius 2 is 1.83 bits per heavy atom. The number of carbonyl (C=O) groups excluding carboxylic acids is 1. The lowest BCUT2D eigenvalue weighted by molar-refractivity contribution is -0.136. The van der Waals surface area contributed by atoms with E-state index >= 15 is 0 Å². The van der Waals surface area contributed by atoms with Crippen LogP contribution in [-0.2, 0) is 4.79 Å². The number of aromatic hydroxyl groups is 1. The van der Waals surface area contributed by atoms with E-state index in [1.165, 1.54) is 0 Å². The zero-order valence-corrected chi connectivity index (χ0v) is 13.6. The van der Waals surface area contributed by atoms with Crippen molar-refractivity contribution in [2.75, 3.05) is 32.8 Å². The van der Waals surface area contributed by atoms with E-state index < -0.39 is 0 Å². The Morgan fingerprint density at radius 1 is 1.09 bits per heavy atom. The first-order valence-electron chi connectivity index (χ1n) is 8.66. The molecule has 2 aliphatic heterocycles. The first kappa shape index (κ1) is 16.1. The SMILES string of the molecule is O=C1CCCCN1C1CCN(CCOc2ccc(O)cc2)CC1. The first-order chi connectivity index (χ1) is 11.2. The van der Waals surface area contributed by atoms with Crippen LogP contribution in [0.1, 0.15) is 32.1 Å². The topological polar surface area (TPSA) is 53.0 Å². The maximum atomic E-state index is 12.0. The fourth-order valence-corrected chi connectivity index (χ4v) is 3.50. The molecule has 0 aliphatic carbocycles. The summed E-state index contributed by atoms with van der Waals surface area (Å²) >= 11 is 0. The monoisotopic (exact) mass is 318 g/mol. The molecule has 0 saturated carbocycles. The number of carbonyl (C=O) groups is 1. The molecule has 1 aromatic rings. The second kappa shape index (κ2) is 7.68. The van der Waals surface area contributed by atoms with Crippen molar-refractivity contribution in [3.63, 3.8) is 0 Å². The molecule has 2 saturated heterocycles. The normalized spacial score (nSPS) is 20.7. The number of hydrogen-bond acceptors (Lipinski definition) is 4. The lowest BCUT2D eigenvalue weighted by Gasteiger charge is -2.40. The van der Waals surface area contributed by atoms with Crippen molar-refractivity contribution in [1.29, 1.82) is 0 Å². The second-order valence-corrected chi connectivity index (χ2v) is 6.46. The van der Waals surface area contributed by atoms with Crippen LogP contribution < -0.4 is 4.74 Å². The Labute approximate surface area is 137 Å². The van der Waals surface area contributed by atoms with E-state index in [0.29, 0.717) is 18.6 Å². The Bertz CT molecular complexity index is 510. The molecule has 0 radical (unpaired) electrons. The van der Waals surface area contributed by atoms with Crippen molar-refractivity contribution in [2.24, 2.45) is 0 Å². The van der Waals surface area contributed by atoms with Gasteiger partial charge in [0.05, 0.1) is 0 Å². The zero-order chi connectivity index (χ0) is 16.1. The van der Waals surface area contributed by atoms with Crippen LogP contribution in [0.4, 0.5) is 0 Å². The first-order valence-corrected chi connectivity index (χ1v) is 8.66. The molecule has 5 heteroatoms. The van der Waals surface area contributed by atoms with Gasteiger partial charge in [0.1, 0.15) is 18.1 Å². The number of phenolic OH excluding ortho intramolecular Hbond substituents is 1. The van der Waals surface area contributed by atoms with E-state index in [9.17, 15) is 9.90 Å². The highest BCUT2D eigenvalue weighted by atomic mass is 16.5. The summed E-state index contributed by atoms with van der Waals surface area (Å²) in [6, 6.07) is 7.28. The molecule has 0 aromatic heterocycles. The summed E-state index contributed by atoms with van der Waals surface area (Å²) in [5, 5.41) is 9.25. The van der Waals surface area contributed by atoms with Crippen molar-refractivity contribution in [3.05, 3.63) is 24.3 Å². The summed E-state index contributed by atoms with van der Waals surface area (Å²) in [7, 11) is 0. The van der Waals surface area contributed by atoms with Crippen LogP contribution in [0.15, 0.2) is 24.3 Å². The number of likely N-dealkylation sites (tertiary alicyclic amines) is 2. The molecular weight excluding hydrogens is 292 g/mol. The van der Waals surface area contributed by atoms with Gasteiger partial charge in [0, 0.05) is 38.6 Å². The van der Waals surface area contributed by atoms with Gasteiger partial charge in [-0.1, -0.05) is 0 Å². The number of nitrogens with zero attached hydrogens (tertiary/aromatic N) is 2. The number of benzene rings is 1. The molecular formula is C18H26N2O3. The molecule has 2 heterocycles. The minimum atomic E-state index is 0.256. The van der Waals surface area contributed by atoms with Gasteiger partial charge in [-0.05, 0) is 49.9 Å². The van der Waals surface area contributed by atoms with E-state index in [1.54, 1.807) is 24.3 Å². The Balaban J connectivity index is 1.37. The molecule has 126 valence electrons. The van der Waals surface area contributed by atoms with Crippen molar-refractivity contribution in [1.82, 2.24) is 9.80 Å². The molecule has 3 rings (SSSR count). The van der Waals surface area contributed by atoms with Crippen molar-refractivity contribution in [3.8, 4) is 11.5 Å². The van der Waals surface area contributed by atoms with E-state index in [-0.39, 0.29) is 5.75 Å². The molecule has 2 fully saturated rings. The highest BCUT2D eigenvalue weighted by Gasteiger charge is 2.29. The fourth-order valence-electron chi connectivity index (χ4n) is 3.50. The van der Waals surface area contributed by atoms with Crippen LogP contribution >= 0.6 is 0 Å². The molecule has 1 N–H and O–H groups in total. The van der Waals surface area contributed by atoms with Crippen LogP contribution in [0.3, 0.4) is 0 Å². The smallest absolute Gasteiger partial charge is 0.222 e. The van der Waals surface area contributed by atoms with Crippen molar-refractivity contribution < 1.29 is 14.6 Å². The summed E-state index contributed by atoms with van der Waals surface area (Å²) in [6.07, 6.45) is 5.10. The largest absolute Gasteiger partial charge is 0.508 e. The summed E-state index contributed by atoms with van der Waals surface area (Å²) in [6.45, 7) is 4.58. The predicted octanol–water partition coefficient (Wildman–Crippen LogP) is 2.25. The Morgan fingerprint density at radius 3 is 2.52 bits per heavy atom. The molecule has 0 atom stereocenters. The van der Waals surface area contributed by atoms with Crippen LogP contribution in [0.25, 0.3) is 0 Å². The number of ether oxygens (including phenoxy) is 1. The summed E-state index contributed by atoms with van der Waals surface area (Å²) in [5.41, 5.74) is 0. The highest BCUT2D eigenvalue weighted by Crippen LogP contribution is 2.22. The fraction of sp³-hybridized carbons (Fsp3) is 0.611. The van der Waals surface area contributed by atoms with E-state index in [2.05, 4.69) is 9.80 Å². The summed E-state index contributed by atoms with van der Waals surface area (Å²) < 4.78 is 5.71. The van der Waals surface area contributed by atoms with E-state index in [4.69, 9.17) is 4.74 Å². The molecule has 2 aliphatic rings. The molecule has 1 aromatic carbocycles. The third-order valence-electron chi connectivity index (χ3n) is 4.87. The molecule has 0 spiro atoms. The van der Waals surface area contributed by atoms with Gasteiger partial charge in [-0.15, -0.1) is 0 Å². The third-order valence-corrected chi connectivity index (χ3v) is 4.87. The van der Waals surface area contributed by atoms with Crippen LogP contribution in [-0.4, -0.2) is 59.6 Å². The lowest BCUT2D eigenvalue weighted by Crippen LogP contribution is -2.49. The Hall–Kier alpha value is -1.75. The summed E-state index contributed by atoms with van der Waals surface area (Å²) in [4.78, 5) is 16.5. The number of piperidine rings is 2. The van der Waals surface area contributed by atoms with Crippen LogP contribution in [0.2, 0.25) is 0 Å². The molecule has 0 unspecified atom stereocenters. The van der Waals surface area contributed by atoms with Gasteiger partial charge < -0.3 is 14.7 Å².